The zero-order chi connectivity index (χ0) is 54.1. The maximum absolute atomic E-state index is 12.6. The van der Waals surface area contributed by atoms with E-state index in [1.165, 1.54) is 63.7 Å². The molecule has 0 amide bonds. The van der Waals surface area contributed by atoms with E-state index in [0.717, 1.165) is 0 Å². The maximum Gasteiger partial charge on any atom is 1.00 e. The van der Waals surface area contributed by atoms with Crippen LogP contribution in [0.2, 0.25) is 20.1 Å². The van der Waals surface area contributed by atoms with Gasteiger partial charge in [-0.25, -0.2) is 9.59 Å². The molecule has 0 saturated heterocycles. The van der Waals surface area contributed by atoms with Crippen LogP contribution in [0.5, 0.6) is 11.5 Å². The van der Waals surface area contributed by atoms with Crippen LogP contribution in [0.4, 0.5) is 26.3 Å². The number of aldehydes is 1. The van der Waals surface area contributed by atoms with Gasteiger partial charge in [-0.2, -0.15) is 0 Å². The minimum atomic E-state index is -4.83. The van der Waals surface area contributed by atoms with E-state index < -0.39 is 47.7 Å². The number of halogens is 10. The molecule has 0 bridgehead atoms. The summed E-state index contributed by atoms with van der Waals surface area (Å²) in [6.07, 6.45) is -10.3. The number of aliphatic hydroxyl groups excluding tert-OH is 1. The van der Waals surface area contributed by atoms with Gasteiger partial charge in [0.05, 0.1) is 43.6 Å². The third-order valence-electron chi connectivity index (χ3n) is 9.14. The summed E-state index contributed by atoms with van der Waals surface area (Å²) in [5, 5.41) is 17.4. The maximum atomic E-state index is 12.6. The van der Waals surface area contributed by atoms with Gasteiger partial charge in [-0.1, -0.05) is 74.1 Å². The molecule has 22 heteroatoms. The summed E-state index contributed by atoms with van der Waals surface area (Å²) >= 11 is 24.3. The number of aliphatic hydroxyl groups is 1. The van der Waals surface area contributed by atoms with Gasteiger partial charge in [0.25, 0.3) is 0 Å². The zero-order valence-corrected chi connectivity index (χ0v) is 44.8. The van der Waals surface area contributed by atoms with Crippen LogP contribution in [0.1, 0.15) is 118 Å². The van der Waals surface area contributed by atoms with Crippen molar-refractivity contribution in [3.63, 3.8) is 0 Å². The van der Waals surface area contributed by atoms with Crippen LogP contribution in [-0.4, -0.2) is 68.5 Å². The molecule has 1 N–H and O–H groups in total. The van der Waals surface area contributed by atoms with Crippen molar-refractivity contribution in [2.75, 3.05) is 0 Å². The Morgan fingerprint density at radius 3 is 1.49 bits per heavy atom. The fraction of sp³-hybridized carbons (Fsp3) is 0.380. The van der Waals surface area contributed by atoms with Crippen molar-refractivity contribution in [3.05, 3.63) is 132 Å². The van der Waals surface area contributed by atoms with Crippen molar-refractivity contribution >= 4 is 86.4 Å². The summed E-state index contributed by atoms with van der Waals surface area (Å²) in [5.41, 5.74) is 0.735. The van der Waals surface area contributed by atoms with E-state index in [1.807, 2.05) is 0 Å². The number of hydrogen-bond donors (Lipinski definition) is 1. The van der Waals surface area contributed by atoms with E-state index >= 15 is 0 Å². The molecule has 0 spiro atoms. The summed E-state index contributed by atoms with van der Waals surface area (Å²) in [5.74, 6) is -1.82. The number of aryl methyl sites for hydroxylation is 2. The van der Waals surface area contributed by atoms with Crippen molar-refractivity contribution in [3.8, 4) is 11.5 Å². The van der Waals surface area contributed by atoms with Gasteiger partial charge in [-0.3, -0.25) is 4.79 Å². The number of rotatable bonds is 9. The SMILES string of the molecule is CC(C)(C)OC(=O)c1ccc(Cl)cc1Cl.CC(C)[N-]C(C)C.Cn1c(C(O)c2c(Cl)ccc(C(=O)OC(C)(C)C)c2Cl)cc2ccc(OC(F)(F)F)cc21.Cn1c(C=O)cc2ccc(OC(F)(F)F)cc21.[Li+]. The molecule has 1 atom stereocenters. The third kappa shape index (κ3) is 19.7. The van der Waals surface area contributed by atoms with Crippen LogP contribution in [0.25, 0.3) is 27.1 Å². The fourth-order valence-electron chi connectivity index (χ4n) is 6.48. The van der Waals surface area contributed by atoms with Gasteiger partial charge in [-0.15, -0.1) is 38.4 Å². The Kier molecular flexibility index (Phi) is 23.0. The number of aromatic nitrogens is 2. The zero-order valence-electron chi connectivity index (χ0n) is 41.7. The first-order valence-corrected chi connectivity index (χ1v) is 22.9. The summed E-state index contributed by atoms with van der Waals surface area (Å²) in [7, 11) is 3.17. The summed E-state index contributed by atoms with van der Waals surface area (Å²) in [6.45, 7) is 18.9. The molecule has 11 nitrogen and oxygen atoms in total. The summed E-state index contributed by atoms with van der Waals surface area (Å²) < 4.78 is 95.1. The molecule has 0 radical (unpaired) electrons. The Balaban J connectivity index is 0.000000373. The van der Waals surface area contributed by atoms with Gasteiger partial charge < -0.3 is 38.5 Å². The van der Waals surface area contributed by atoms with E-state index in [0.29, 0.717) is 67.2 Å². The van der Waals surface area contributed by atoms with Crippen LogP contribution in [0.15, 0.2) is 78.9 Å². The predicted molar refractivity (Wildman–Crippen MR) is 266 cm³/mol. The molecule has 2 heterocycles. The predicted octanol–water partition coefficient (Wildman–Crippen LogP) is 12.4. The van der Waals surface area contributed by atoms with Crippen molar-refractivity contribution in [2.45, 2.75) is 111 Å². The number of esters is 2. The van der Waals surface area contributed by atoms with E-state index in [4.69, 9.17) is 55.9 Å². The van der Waals surface area contributed by atoms with E-state index in [1.54, 1.807) is 79.9 Å². The second kappa shape index (κ2) is 26.1. The van der Waals surface area contributed by atoms with Crippen molar-refractivity contribution < 1.29 is 83.6 Å². The first-order chi connectivity index (χ1) is 32.5. The van der Waals surface area contributed by atoms with Gasteiger partial charge >= 0.3 is 43.5 Å². The minimum absolute atomic E-state index is 0. The number of hydrogen-bond acceptors (Lipinski definition) is 8. The quantitative estimate of drug-likeness (QED) is 0.0655. The average Bonchev–Trinajstić information content (AvgIpc) is 3.70. The van der Waals surface area contributed by atoms with Crippen LogP contribution < -0.4 is 28.3 Å². The molecule has 4 aromatic carbocycles. The van der Waals surface area contributed by atoms with E-state index in [9.17, 15) is 45.8 Å². The molecule has 0 fully saturated rings. The Morgan fingerprint density at radius 1 is 0.625 bits per heavy atom. The Hall–Kier alpha value is -4.57. The van der Waals surface area contributed by atoms with Gasteiger partial charge in [0.15, 0.2) is 6.29 Å². The van der Waals surface area contributed by atoms with Crippen molar-refractivity contribution in [2.24, 2.45) is 14.1 Å². The fourth-order valence-corrected chi connectivity index (χ4v) is 7.62. The standard InChI is InChI=1S/C22H20Cl2F3NO4.C11H12Cl2O2.C11H8F3NO2.C6H14N.Li/c1-21(2,3)32-20(30)13-7-8-14(23)17(18(13)24)19(29)16-9-11-5-6-12(31-22(25,26)27)10-15(11)28(16)4;1-11(2,3)15-10(14)8-5-4-7(12)6-9(8)13;1-15-8(6-16)4-7-2-3-9(5-10(7)15)17-11(12,13)14;1-5(2)7-6(3)4;/h5-10,19,29H,1-4H3;4-6H,1-3H3;2-6H,1H3;5-6H,1-4H3;/q;;;-1;+1. The summed E-state index contributed by atoms with van der Waals surface area (Å²) in [6, 6.07) is 19.4. The molecule has 72 heavy (non-hydrogen) atoms. The number of carbonyl (C=O) groups is 3. The Morgan fingerprint density at radius 2 is 1.07 bits per heavy atom. The second-order valence-electron chi connectivity index (χ2n) is 18.1. The average molecular weight is 1090 g/mol. The van der Waals surface area contributed by atoms with Gasteiger partial charge in [-0.05, 0) is 108 Å². The smallest absolute Gasteiger partial charge is 0.658 e. The number of ether oxygens (including phenoxy) is 4. The molecular weight excluding hydrogens is 1030 g/mol. The number of carbonyl (C=O) groups excluding carboxylic acids is 3. The number of fused-ring (bicyclic) bond motifs is 2. The normalized spacial score (nSPS) is 12.1. The number of benzene rings is 4. The molecule has 0 aliphatic carbocycles. The van der Waals surface area contributed by atoms with E-state index in [2.05, 4.69) is 42.5 Å². The van der Waals surface area contributed by atoms with Crippen molar-refractivity contribution in [1.29, 1.82) is 0 Å². The second-order valence-corrected chi connectivity index (χ2v) is 19.7. The van der Waals surface area contributed by atoms with E-state index in [-0.39, 0.29) is 45.8 Å². The molecule has 6 aromatic rings. The number of alkyl halides is 6. The van der Waals surface area contributed by atoms with Crippen LogP contribution in [-0.2, 0) is 23.6 Å². The molecule has 388 valence electrons. The monoisotopic (exact) mass is 1090 g/mol. The largest absolute Gasteiger partial charge is 1.00 e. The molecule has 2 aromatic heterocycles. The molecule has 6 rings (SSSR count). The third-order valence-corrected chi connectivity index (χ3v) is 10.4. The van der Waals surface area contributed by atoms with Gasteiger partial charge in [0.1, 0.15) is 28.8 Å². The van der Waals surface area contributed by atoms with Gasteiger partial charge in [0.2, 0.25) is 0 Å². The first kappa shape index (κ1) is 63.5. The molecule has 0 aliphatic heterocycles. The minimum Gasteiger partial charge on any atom is -0.658 e. The van der Waals surface area contributed by atoms with Crippen LogP contribution >= 0.6 is 46.4 Å². The van der Waals surface area contributed by atoms with Crippen molar-refractivity contribution in [1.82, 2.24) is 9.13 Å². The Bertz CT molecular complexity index is 2810. The molecule has 1 unspecified atom stereocenters. The molecular formula is C50H54Cl4F6LiN3O8. The molecule has 0 aliphatic rings. The summed E-state index contributed by atoms with van der Waals surface area (Å²) in [4.78, 5) is 34.8. The van der Waals surface area contributed by atoms with Gasteiger partial charge in [0, 0.05) is 52.6 Å². The topological polar surface area (TPSA) is 132 Å². The van der Waals surface area contributed by atoms with Crippen LogP contribution in [0.3, 0.4) is 0 Å². The number of nitrogens with zero attached hydrogens (tertiary/aromatic N) is 3. The molecule has 0 saturated carbocycles. The van der Waals surface area contributed by atoms with Crippen LogP contribution in [0, 0.1) is 0 Å². The Labute approximate surface area is 446 Å². The first-order valence-electron chi connectivity index (χ1n) is 21.4.